The topological polar surface area (TPSA) is 56.0 Å². The Labute approximate surface area is 112 Å². The average molecular weight is 253 g/mol. The van der Waals surface area contributed by atoms with Crippen LogP contribution in [0.5, 0.6) is 0 Å². The predicted octanol–water partition coefficient (Wildman–Crippen LogP) is 2.47. The van der Waals surface area contributed by atoms with Crippen molar-refractivity contribution in [2.24, 2.45) is 0 Å². The first-order valence-corrected chi connectivity index (χ1v) is 5.88. The van der Waals surface area contributed by atoms with E-state index in [4.69, 9.17) is 5.26 Å². The van der Waals surface area contributed by atoms with Gasteiger partial charge in [-0.15, -0.1) is 0 Å². The smallest absolute Gasteiger partial charge is 0.185 e. The van der Waals surface area contributed by atoms with Gasteiger partial charge in [0.1, 0.15) is 18.0 Å². The van der Waals surface area contributed by atoms with Crippen molar-refractivity contribution in [1.82, 2.24) is 9.97 Å². The van der Waals surface area contributed by atoms with Crippen molar-refractivity contribution >= 4 is 17.3 Å². The lowest BCUT2D eigenvalue weighted by atomic mass is 10.2. The van der Waals surface area contributed by atoms with Gasteiger partial charge in [-0.2, -0.15) is 5.26 Å². The lowest BCUT2D eigenvalue weighted by Gasteiger charge is -2.21. The minimum absolute atomic E-state index is 0.577. The monoisotopic (exact) mass is 253 g/mol. The summed E-state index contributed by atoms with van der Waals surface area (Å²) in [6.45, 7) is 2.05. The molecule has 0 unspecified atom stereocenters. The second kappa shape index (κ2) is 5.36. The van der Waals surface area contributed by atoms with Crippen LogP contribution in [0.1, 0.15) is 5.56 Å². The van der Waals surface area contributed by atoms with Crippen molar-refractivity contribution in [2.45, 2.75) is 6.92 Å². The number of aromatic nitrogens is 2. The van der Waals surface area contributed by atoms with Crippen molar-refractivity contribution in [1.29, 1.82) is 5.26 Å². The molecule has 5 nitrogen and oxygen atoms in total. The summed E-state index contributed by atoms with van der Waals surface area (Å²) >= 11 is 0. The lowest BCUT2D eigenvalue weighted by molar-refractivity contribution is 1.04. The van der Waals surface area contributed by atoms with Gasteiger partial charge in [-0.05, 0) is 18.6 Å². The van der Waals surface area contributed by atoms with Gasteiger partial charge < -0.3 is 4.90 Å². The van der Waals surface area contributed by atoms with Crippen LogP contribution in [0.15, 0.2) is 36.7 Å². The van der Waals surface area contributed by atoms with Crippen LogP contribution < -0.4 is 9.80 Å². The largest absolute Gasteiger partial charge is 0.329 e. The second-order valence-corrected chi connectivity index (χ2v) is 4.24. The normalized spacial score (nSPS) is 9.79. The van der Waals surface area contributed by atoms with Crippen molar-refractivity contribution in [3.63, 3.8) is 0 Å². The van der Waals surface area contributed by atoms with Crippen molar-refractivity contribution in [2.75, 3.05) is 23.9 Å². The Hall–Kier alpha value is -2.61. The summed E-state index contributed by atoms with van der Waals surface area (Å²) in [5.41, 5.74) is 2.24. The zero-order chi connectivity index (χ0) is 13.8. The molecule has 0 radical (unpaired) electrons. The Morgan fingerprint density at radius 1 is 1.11 bits per heavy atom. The van der Waals surface area contributed by atoms with E-state index in [1.165, 1.54) is 16.8 Å². The average Bonchev–Trinajstić information content (AvgIpc) is 2.46. The van der Waals surface area contributed by atoms with Crippen LogP contribution in [0.3, 0.4) is 0 Å². The number of hydrogen-bond acceptors (Lipinski definition) is 5. The summed E-state index contributed by atoms with van der Waals surface area (Å²) in [4.78, 5) is 11.7. The van der Waals surface area contributed by atoms with E-state index in [9.17, 15) is 0 Å². The predicted molar refractivity (Wildman–Crippen MR) is 75.3 cm³/mol. The molecule has 2 rings (SSSR count). The second-order valence-electron chi connectivity index (χ2n) is 4.24. The van der Waals surface area contributed by atoms with E-state index in [0.717, 1.165) is 11.5 Å². The van der Waals surface area contributed by atoms with Gasteiger partial charge in [-0.3, -0.25) is 4.90 Å². The molecule has 0 aliphatic heterocycles. The molecule has 2 aromatic rings. The summed E-state index contributed by atoms with van der Waals surface area (Å²) in [6.07, 6.45) is 3.49. The first-order chi connectivity index (χ1) is 9.13. The van der Waals surface area contributed by atoms with Gasteiger partial charge in [-0.1, -0.05) is 18.2 Å². The Balaban J connectivity index is 2.37. The van der Waals surface area contributed by atoms with Crippen LogP contribution in [-0.2, 0) is 0 Å². The maximum Gasteiger partial charge on any atom is 0.185 e. The fourth-order valence-corrected chi connectivity index (χ4v) is 1.82. The number of para-hydroxylation sites is 1. The molecule has 1 aromatic carbocycles. The van der Waals surface area contributed by atoms with Crippen LogP contribution in [-0.4, -0.2) is 24.1 Å². The molecule has 0 amide bonds. The molecule has 1 heterocycles. The molecule has 0 aliphatic carbocycles. The summed E-state index contributed by atoms with van der Waals surface area (Å²) in [5, 5.41) is 8.88. The third-order valence-corrected chi connectivity index (χ3v) is 2.95. The van der Waals surface area contributed by atoms with Gasteiger partial charge in [0.05, 0.1) is 0 Å². The first-order valence-electron chi connectivity index (χ1n) is 5.88. The molecule has 0 saturated carbocycles. The highest BCUT2D eigenvalue weighted by Gasteiger charge is 2.10. The standard InChI is InChI=1S/C14H15N5/c1-11-6-4-5-7-12(11)19(3)14-8-13(16-10-17-14)18(2)9-15/h4-8,10H,1-3H3. The van der Waals surface area contributed by atoms with Gasteiger partial charge in [0, 0.05) is 25.8 Å². The maximum absolute atomic E-state index is 8.88. The number of rotatable bonds is 3. The fourth-order valence-electron chi connectivity index (χ4n) is 1.82. The quantitative estimate of drug-likeness (QED) is 0.621. The van der Waals surface area contributed by atoms with Crippen LogP contribution in [0.4, 0.5) is 17.3 Å². The summed E-state index contributed by atoms with van der Waals surface area (Å²) < 4.78 is 0. The van der Waals surface area contributed by atoms with Crippen molar-refractivity contribution < 1.29 is 0 Å². The van der Waals surface area contributed by atoms with E-state index in [-0.39, 0.29) is 0 Å². The molecule has 0 aliphatic rings. The van der Waals surface area contributed by atoms with E-state index in [1.54, 1.807) is 13.1 Å². The molecule has 0 atom stereocenters. The molecular formula is C14H15N5. The third kappa shape index (κ3) is 2.63. The van der Waals surface area contributed by atoms with Gasteiger partial charge in [0.2, 0.25) is 0 Å². The number of benzene rings is 1. The van der Waals surface area contributed by atoms with Gasteiger partial charge >= 0.3 is 0 Å². The van der Waals surface area contributed by atoms with E-state index in [0.29, 0.717) is 5.82 Å². The Bertz CT molecular complexity index is 617. The number of anilines is 3. The highest BCUT2D eigenvalue weighted by Crippen LogP contribution is 2.26. The molecule has 1 aromatic heterocycles. The fraction of sp³-hybridized carbons (Fsp3) is 0.214. The SMILES string of the molecule is Cc1ccccc1N(C)c1cc(N(C)C#N)ncn1. The molecule has 0 fully saturated rings. The van der Waals surface area contributed by atoms with Gasteiger partial charge in [0.15, 0.2) is 6.19 Å². The van der Waals surface area contributed by atoms with Crippen LogP contribution in [0.25, 0.3) is 0 Å². The number of aryl methyl sites for hydroxylation is 1. The molecule has 0 saturated heterocycles. The Kier molecular flexibility index (Phi) is 3.62. The summed E-state index contributed by atoms with van der Waals surface area (Å²) in [6, 6.07) is 9.86. The van der Waals surface area contributed by atoms with Gasteiger partial charge in [0.25, 0.3) is 0 Å². The molecule has 0 N–H and O–H groups in total. The zero-order valence-electron chi connectivity index (χ0n) is 11.2. The highest BCUT2D eigenvalue weighted by molar-refractivity contribution is 5.65. The van der Waals surface area contributed by atoms with Crippen molar-refractivity contribution in [3.8, 4) is 6.19 Å². The summed E-state index contributed by atoms with van der Waals surface area (Å²) in [7, 11) is 3.61. The van der Waals surface area contributed by atoms with E-state index < -0.39 is 0 Å². The Morgan fingerprint density at radius 3 is 2.47 bits per heavy atom. The van der Waals surface area contributed by atoms with E-state index in [2.05, 4.69) is 23.0 Å². The minimum Gasteiger partial charge on any atom is -0.329 e. The lowest BCUT2D eigenvalue weighted by Crippen LogP contribution is -2.15. The first kappa shape index (κ1) is 12.8. The molecule has 5 heteroatoms. The van der Waals surface area contributed by atoms with Crippen LogP contribution in [0, 0.1) is 18.4 Å². The van der Waals surface area contributed by atoms with E-state index in [1.807, 2.05) is 36.3 Å². The molecular weight excluding hydrogens is 238 g/mol. The number of nitriles is 1. The molecule has 0 spiro atoms. The number of hydrogen-bond donors (Lipinski definition) is 0. The number of nitrogens with zero attached hydrogens (tertiary/aromatic N) is 5. The minimum atomic E-state index is 0.577. The van der Waals surface area contributed by atoms with Gasteiger partial charge in [-0.25, -0.2) is 9.97 Å². The third-order valence-electron chi connectivity index (χ3n) is 2.95. The zero-order valence-corrected chi connectivity index (χ0v) is 11.2. The molecule has 0 bridgehead atoms. The highest BCUT2D eigenvalue weighted by atomic mass is 15.2. The van der Waals surface area contributed by atoms with E-state index >= 15 is 0 Å². The summed E-state index contributed by atoms with van der Waals surface area (Å²) in [5.74, 6) is 1.33. The maximum atomic E-state index is 8.88. The van der Waals surface area contributed by atoms with Crippen molar-refractivity contribution in [3.05, 3.63) is 42.2 Å². The van der Waals surface area contributed by atoms with Crippen LogP contribution >= 0.6 is 0 Å². The Morgan fingerprint density at radius 2 is 1.79 bits per heavy atom. The molecule has 96 valence electrons. The van der Waals surface area contributed by atoms with Crippen LogP contribution in [0.2, 0.25) is 0 Å². The molecule has 19 heavy (non-hydrogen) atoms.